The molecule has 0 rings (SSSR count). The Morgan fingerprint density at radius 3 is 0.250 bits per heavy atom. The van der Waals surface area contributed by atoms with E-state index in [1.165, 1.54) is 0 Å². The molecule has 0 fully saturated rings. The van der Waals surface area contributed by atoms with Gasteiger partial charge >= 0.3 is 0 Å². The Bertz CT molecular complexity index is 0. The van der Waals surface area contributed by atoms with Crippen molar-refractivity contribution in [3.63, 3.8) is 0 Å². The van der Waals surface area contributed by atoms with Crippen LogP contribution in [0.5, 0.6) is 0 Å². The van der Waals surface area contributed by atoms with Gasteiger partial charge in [-0.2, -0.15) is 0 Å². The van der Waals surface area contributed by atoms with Gasteiger partial charge in [-0.15, -0.1) is 0 Å². The van der Waals surface area contributed by atoms with Crippen molar-refractivity contribution in [1.82, 2.24) is 0 Å². The zero-order chi connectivity index (χ0) is 0. The fourth-order valence-corrected chi connectivity index (χ4v) is 0. The van der Waals surface area contributed by atoms with E-state index in [1.807, 2.05) is 0 Å². The third kappa shape index (κ3) is 9.22. The minimum atomic E-state index is 0. The third-order valence-corrected chi connectivity index (χ3v) is 0. The molecule has 0 amide bonds. The summed E-state index contributed by atoms with van der Waals surface area (Å²) in [5.74, 6) is 0. The first kappa shape index (κ1) is 25.1. The van der Waals surface area contributed by atoms with E-state index in [0.29, 0.717) is 0 Å². The first-order valence-electron chi connectivity index (χ1n) is 0. The van der Waals surface area contributed by atoms with Crippen molar-refractivity contribution in [2.75, 3.05) is 0 Å². The first-order valence-corrected chi connectivity index (χ1v) is 0. The van der Waals surface area contributed by atoms with Crippen LogP contribution in [-0.2, 0) is 111 Å². The summed E-state index contributed by atoms with van der Waals surface area (Å²) in [5.41, 5.74) is 0. The molecule has 8 valence electrons. The Morgan fingerprint density at radius 1 is 0.250 bits per heavy atom. The minimum Gasteiger partial charge on any atom is 0 e. The van der Waals surface area contributed by atoms with Gasteiger partial charge in [-0.05, 0) is 0 Å². The Morgan fingerprint density at radius 2 is 0.250 bits per heavy atom. The minimum absolute atomic E-state index is 0. The molecule has 0 saturated heterocycles. The van der Waals surface area contributed by atoms with E-state index in [0.717, 1.165) is 0 Å². The second-order valence-corrected chi connectivity index (χ2v) is 0. The van der Waals surface area contributed by atoms with Crippen LogP contribution < -0.4 is 0 Å². The van der Waals surface area contributed by atoms with Gasteiger partial charge in [0, 0.05) is 111 Å². The molecule has 0 unspecified atom stereocenters. The van der Waals surface area contributed by atoms with Gasteiger partial charge in [-0.1, -0.05) is 0 Å². The van der Waals surface area contributed by atoms with Crippen LogP contribution in [0, 0.1) is 0 Å². The molecular formula is Hg4. The zero-order valence-corrected chi connectivity index (χ0v) is 24.8. The Kier molecular flexibility index (Phi) is 99.8. The number of hydrogen-bond acceptors (Lipinski definition) is 0. The fourth-order valence-electron chi connectivity index (χ4n) is 0. The van der Waals surface area contributed by atoms with Gasteiger partial charge in [-0.3, -0.25) is 0 Å². The molecule has 0 aliphatic heterocycles. The second kappa shape index (κ2) is 15.9. The summed E-state index contributed by atoms with van der Waals surface area (Å²) in [4.78, 5) is 0. The molecule has 0 atom stereocenters. The van der Waals surface area contributed by atoms with Crippen LogP contribution in [0.4, 0.5) is 0 Å². The molecule has 0 nitrogen and oxygen atoms in total. The average molecular weight is 802 g/mol. The molecule has 0 aromatic heterocycles. The number of hydrogen-bond donors (Lipinski definition) is 0. The van der Waals surface area contributed by atoms with Gasteiger partial charge in [-0.25, -0.2) is 0 Å². The molecule has 0 N–H and O–H groups in total. The van der Waals surface area contributed by atoms with Gasteiger partial charge in [0.25, 0.3) is 0 Å². The van der Waals surface area contributed by atoms with Crippen molar-refractivity contribution in [2.24, 2.45) is 0 Å². The normalized spacial score (nSPS) is 0. The van der Waals surface area contributed by atoms with Crippen molar-refractivity contribution >= 4 is 0 Å². The molecule has 0 radical (unpaired) electrons. The van der Waals surface area contributed by atoms with Gasteiger partial charge in [0.1, 0.15) is 0 Å². The molecule has 4 heavy (non-hydrogen) atoms. The maximum atomic E-state index is 0. The summed E-state index contributed by atoms with van der Waals surface area (Å²) in [6.07, 6.45) is 0. The molecule has 0 aromatic rings. The maximum absolute atomic E-state index is 0. The molecule has 0 bridgehead atoms. The van der Waals surface area contributed by atoms with E-state index in [2.05, 4.69) is 0 Å². The van der Waals surface area contributed by atoms with Gasteiger partial charge < -0.3 is 0 Å². The summed E-state index contributed by atoms with van der Waals surface area (Å²) < 4.78 is 0. The molecule has 0 saturated carbocycles. The van der Waals surface area contributed by atoms with Crippen molar-refractivity contribution in [2.45, 2.75) is 0 Å². The summed E-state index contributed by atoms with van der Waals surface area (Å²) in [7, 11) is 0. The SMILES string of the molecule is [Hg].[Hg].[Hg].[Hg]. The van der Waals surface area contributed by atoms with E-state index in [1.54, 1.807) is 0 Å². The van der Waals surface area contributed by atoms with Crippen LogP contribution in [0.3, 0.4) is 0 Å². The molecule has 0 aliphatic carbocycles. The molecule has 0 spiro atoms. The van der Waals surface area contributed by atoms with Gasteiger partial charge in [0.15, 0.2) is 0 Å². The maximum Gasteiger partial charge on any atom is 0 e. The zero-order valence-electron chi connectivity index (χ0n) is 2.83. The van der Waals surface area contributed by atoms with Crippen LogP contribution in [-0.4, -0.2) is 0 Å². The van der Waals surface area contributed by atoms with Crippen LogP contribution >= 0.6 is 0 Å². The van der Waals surface area contributed by atoms with E-state index in [-0.39, 0.29) is 111 Å². The first-order chi connectivity index (χ1) is 0. The summed E-state index contributed by atoms with van der Waals surface area (Å²) in [5, 5.41) is 0. The summed E-state index contributed by atoms with van der Waals surface area (Å²) in [6, 6.07) is 0. The molecule has 0 heterocycles. The smallest absolute Gasteiger partial charge is 0 e. The fraction of sp³-hybridized carbons (Fsp3) is 0. The third-order valence-electron chi connectivity index (χ3n) is 0. The van der Waals surface area contributed by atoms with Crippen LogP contribution in [0.2, 0.25) is 0 Å². The van der Waals surface area contributed by atoms with Gasteiger partial charge in [0.05, 0.1) is 0 Å². The average Bonchev–Trinajstić information content (AvgIpc) is 0. The van der Waals surface area contributed by atoms with Crippen LogP contribution in [0.25, 0.3) is 0 Å². The summed E-state index contributed by atoms with van der Waals surface area (Å²) >= 11 is 0. The number of rotatable bonds is 0. The molecular weight excluding hydrogens is 802 g/mol. The molecule has 0 aliphatic rings. The van der Waals surface area contributed by atoms with Crippen molar-refractivity contribution in [3.8, 4) is 0 Å². The molecule has 0 aromatic carbocycles. The van der Waals surface area contributed by atoms with E-state index >= 15 is 0 Å². The Balaban J connectivity index is 0. The van der Waals surface area contributed by atoms with Crippen molar-refractivity contribution in [1.29, 1.82) is 0 Å². The van der Waals surface area contributed by atoms with Crippen LogP contribution in [0.1, 0.15) is 0 Å². The monoisotopic (exact) mass is 808 g/mol. The predicted molar refractivity (Wildman–Crippen MR) is 0 cm³/mol. The van der Waals surface area contributed by atoms with Gasteiger partial charge in [0.2, 0.25) is 0 Å². The quantitative estimate of drug-likeness (QED) is 0.303. The van der Waals surface area contributed by atoms with E-state index in [9.17, 15) is 0 Å². The predicted octanol–water partition coefficient (Wildman–Crippen LogP) is -0.0100. The van der Waals surface area contributed by atoms with E-state index < -0.39 is 0 Å². The summed E-state index contributed by atoms with van der Waals surface area (Å²) in [6.45, 7) is 0. The second-order valence-electron chi connectivity index (χ2n) is 0. The van der Waals surface area contributed by atoms with Crippen molar-refractivity contribution < 1.29 is 111 Å². The molecule has 4 heteroatoms. The van der Waals surface area contributed by atoms with E-state index in [4.69, 9.17) is 0 Å². The largest absolute Gasteiger partial charge is 0 e. The van der Waals surface area contributed by atoms with Crippen LogP contribution in [0.15, 0.2) is 0 Å². The Hall–Kier alpha value is 3.74. The van der Waals surface area contributed by atoms with Crippen molar-refractivity contribution in [3.05, 3.63) is 0 Å². The topological polar surface area (TPSA) is 0 Å². The standard InChI is InChI=1S/4Hg. The Labute approximate surface area is 108 Å².